The number of aromatic nitrogens is 4. The molecule has 340 valence electrons. The molecule has 14 heteroatoms. The van der Waals surface area contributed by atoms with E-state index in [0.29, 0.717) is 18.0 Å². The van der Waals surface area contributed by atoms with Gasteiger partial charge in [0.15, 0.2) is 0 Å². The normalized spacial score (nSPS) is 21.5. The molecule has 2 saturated carbocycles. The summed E-state index contributed by atoms with van der Waals surface area (Å²) in [5.74, 6) is 1.52. The summed E-state index contributed by atoms with van der Waals surface area (Å²) in [6, 6.07) is 28.6. The van der Waals surface area contributed by atoms with E-state index >= 15 is 0 Å². The summed E-state index contributed by atoms with van der Waals surface area (Å²) < 4.78 is 9.78. The summed E-state index contributed by atoms with van der Waals surface area (Å²) in [6.07, 6.45) is 8.26. The minimum absolute atomic E-state index is 0.0769. The van der Waals surface area contributed by atoms with Crippen LogP contribution in [0.2, 0.25) is 0 Å². The third kappa shape index (κ3) is 8.06. The fraction of sp³-hybridized carbons (Fsp3) is 0.385. The average molecular weight is 889 g/mol. The van der Waals surface area contributed by atoms with Crippen LogP contribution in [0.25, 0.3) is 44.4 Å². The molecule has 0 radical (unpaired) electrons. The van der Waals surface area contributed by atoms with Gasteiger partial charge in [-0.25, -0.2) is 19.6 Å². The molecule has 4 N–H and O–H groups in total. The van der Waals surface area contributed by atoms with Crippen LogP contribution in [0.3, 0.4) is 0 Å². The molecule has 6 aromatic rings. The summed E-state index contributed by atoms with van der Waals surface area (Å²) in [6.45, 7) is 6.47. The standard InChI is InChI=1S/C52H56N8O6/c1-51(2,3)44(58-50(64)66-5)48(62)60-38-20-19-37(25-38)43(60)46-54-27-39(56-46)31-13-11-30(12-14-31)33-15-16-35-24-36(18-17-34(35)23-33)40-28-53-45(55-40)41-26-52(21-22-52)29-59(41)47(61)42(57-49(63)65-4)32-9-7-6-8-10-32/h6-18,23-24,27-28,37-38,41-44H,19-22,25-26,29H2,1-5H3,(H,53,55)(H,54,56)(H,57,63)(H,58,64)/t37-,38+,41-,42?,43-,44+/m0/s1. The number of hydrogen-bond acceptors (Lipinski definition) is 8. The molecular formula is C52H56N8O6. The van der Waals surface area contributed by atoms with E-state index in [1.54, 1.807) is 0 Å². The smallest absolute Gasteiger partial charge is 0.407 e. The number of methoxy groups -OCH3 is 2. The molecule has 4 aromatic carbocycles. The molecule has 2 aliphatic heterocycles. The first kappa shape index (κ1) is 43.0. The van der Waals surface area contributed by atoms with Crippen LogP contribution < -0.4 is 10.6 Å². The number of carbonyl (C=O) groups is 4. The highest BCUT2D eigenvalue weighted by Crippen LogP contribution is 2.58. The molecule has 2 aromatic heterocycles. The Kier molecular flexibility index (Phi) is 10.9. The Morgan fingerprint density at radius 2 is 1.33 bits per heavy atom. The van der Waals surface area contributed by atoms with Crippen LogP contribution in [0.4, 0.5) is 9.59 Å². The van der Waals surface area contributed by atoms with Crippen LogP contribution in [0.1, 0.15) is 94.6 Å². The van der Waals surface area contributed by atoms with Crippen molar-refractivity contribution in [2.24, 2.45) is 16.7 Å². The first-order valence-corrected chi connectivity index (χ1v) is 22.9. The fourth-order valence-electron chi connectivity index (χ4n) is 10.7. The SMILES string of the molecule is COC(=O)NC(C(=O)N1CC2(CC2)C[C@H]1c1ncc(-c2ccc3cc(-c4ccc(-c5cnc([C@@H]6[C@H]7CC[C@H](C7)N6C(=O)[C@@H](NC(=O)OC)C(C)(C)C)[nH]5)cc4)ccc3c2)[nH]1)c1ccccc1. The van der Waals surface area contributed by atoms with Gasteiger partial charge in [0.25, 0.3) is 5.91 Å². The Hall–Kier alpha value is -6.96. The molecule has 4 fully saturated rings. The summed E-state index contributed by atoms with van der Waals surface area (Å²) in [7, 11) is 2.61. The number of rotatable bonds is 10. The van der Waals surface area contributed by atoms with E-state index in [-0.39, 0.29) is 35.4 Å². The fourth-order valence-corrected chi connectivity index (χ4v) is 10.7. The molecule has 2 bridgehead atoms. The topological polar surface area (TPSA) is 175 Å². The number of piperidine rings is 1. The first-order valence-electron chi connectivity index (χ1n) is 22.9. The van der Waals surface area contributed by atoms with Gasteiger partial charge in [0, 0.05) is 18.2 Å². The van der Waals surface area contributed by atoms with E-state index in [1.807, 2.05) is 73.3 Å². The lowest BCUT2D eigenvalue weighted by molar-refractivity contribution is -0.141. The summed E-state index contributed by atoms with van der Waals surface area (Å²) in [4.78, 5) is 73.8. The zero-order valence-electron chi connectivity index (χ0n) is 38.0. The minimum atomic E-state index is -0.881. The molecule has 66 heavy (non-hydrogen) atoms. The largest absolute Gasteiger partial charge is 0.453 e. The van der Waals surface area contributed by atoms with Crippen LogP contribution in [0, 0.1) is 16.7 Å². The number of alkyl carbamates (subject to hydrolysis) is 2. The van der Waals surface area contributed by atoms with Gasteiger partial charge in [-0.1, -0.05) is 99.6 Å². The predicted molar refractivity (Wildman–Crippen MR) is 250 cm³/mol. The van der Waals surface area contributed by atoms with E-state index in [0.717, 1.165) is 94.6 Å². The van der Waals surface area contributed by atoms with Crippen molar-refractivity contribution in [3.05, 3.63) is 121 Å². The Morgan fingerprint density at radius 3 is 2.02 bits per heavy atom. The predicted octanol–water partition coefficient (Wildman–Crippen LogP) is 9.26. The van der Waals surface area contributed by atoms with Crippen LogP contribution in [-0.4, -0.2) is 86.6 Å². The van der Waals surface area contributed by atoms with E-state index < -0.39 is 29.7 Å². The molecular weight excluding hydrogens is 833 g/mol. The van der Waals surface area contributed by atoms with Crippen molar-refractivity contribution < 1.29 is 28.7 Å². The lowest BCUT2D eigenvalue weighted by Crippen LogP contribution is -2.56. The van der Waals surface area contributed by atoms with E-state index in [2.05, 4.69) is 81.3 Å². The molecule has 4 amide bonds. The molecule has 1 spiro atoms. The maximum absolute atomic E-state index is 14.3. The second kappa shape index (κ2) is 16.8. The third-order valence-corrected chi connectivity index (χ3v) is 14.4. The van der Waals surface area contributed by atoms with Crippen molar-refractivity contribution in [1.82, 2.24) is 40.4 Å². The van der Waals surface area contributed by atoms with Crippen molar-refractivity contribution in [2.75, 3.05) is 20.8 Å². The van der Waals surface area contributed by atoms with Gasteiger partial charge in [0.1, 0.15) is 23.7 Å². The number of imidazole rings is 2. The van der Waals surface area contributed by atoms with Crippen LogP contribution >= 0.6 is 0 Å². The Morgan fingerprint density at radius 1 is 0.727 bits per heavy atom. The van der Waals surface area contributed by atoms with Gasteiger partial charge in [-0.3, -0.25) is 9.59 Å². The number of benzene rings is 4. The molecule has 10 rings (SSSR count). The molecule has 1 unspecified atom stereocenters. The lowest BCUT2D eigenvalue weighted by Gasteiger charge is -2.40. The third-order valence-electron chi connectivity index (χ3n) is 14.4. The number of carbonyl (C=O) groups excluding carboxylic acids is 4. The number of amides is 4. The van der Waals surface area contributed by atoms with Crippen LogP contribution in [-0.2, 0) is 19.1 Å². The van der Waals surface area contributed by atoms with Crippen molar-refractivity contribution in [3.63, 3.8) is 0 Å². The number of H-pyrrole nitrogens is 2. The maximum Gasteiger partial charge on any atom is 0.407 e. The molecule has 2 saturated heterocycles. The minimum Gasteiger partial charge on any atom is -0.453 e. The van der Waals surface area contributed by atoms with E-state index in [1.165, 1.54) is 14.2 Å². The van der Waals surface area contributed by atoms with Gasteiger partial charge >= 0.3 is 12.2 Å². The highest BCUT2D eigenvalue weighted by molar-refractivity contribution is 5.91. The molecule has 4 aliphatic rings. The van der Waals surface area contributed by atoms with Crippen molar-refractivity contribution >= 4 is 34.8 Å². The number of aromatic amines is 2. The lowest BCUT2D eigenvalue weighted by atomic mass is 9.85. The molecule has 4 heterocycles. The van der Waals surface area contributed by atoms with Gasteiger partial charge < -0.3 is 39.9 Å². The van der Waals surface area contributed by atoms with E-state index in [9.17, 15) is 19.2 Å². The van der Waals surface area contributed by atoms with Crippen molar-refractivity contribution in [2.45, 2.75) is 89.5 Å². The zero-order valence-corrected chi connectivity index (χ0v) is 38.0. The second-order valence-corrected chi connectivity index (χ2v) is 19.7. The Bertz CT molecular complexity index is 2810. The van der Waals surface area contributed by atoms with Crippen molar-refractivity contribution in [3.8, 4) is 33.6 Å². The number of fused-ring (bicyclic) bond motifs is 3. The quantitative estimate of drug-likeness (QED) is 0.105. The monoisotopic (exact) mass is 888 g/mol. The highest BCUT2D eigenvalue weighted by Gasteiger charge is 2.55. The molecule has 14 nitrogen and oxygen atoms in total. The van der Waals surface area contributed by atoms with Crippen LogP contribution in [0.15, 0.2) is 103 Å². The second-order valence-electron chi connectivity index (χ2n) is 19.7. The van der Waals surface area contributed by atoms with Gasteiger partial charge in [0.05, 0.1) is 50.1 Å². The number of ether oxygens (including phenoxy) is 2. The molecule has 6 atom stereocenters. The summed E-state index contributed by atoms with van der Waals surface area (Å²) in [5.41, 5.74) is 6.17. The number of hydrogen-bond donors (Lipinski definition) is 4. The van der Waals surface area contributed by atoms with Gasteiger partial charge in [-0.05, 0) is 100 Å². The van der Waals surface area contributed by atoms with Crippen molar-refractivity contribution in [1.29, 1.82) is 0 Å². The maximum atomic E-state index is 14.3. The molecule has 2 aliphatic carbocycles. The summed E-state index contributed by atoms with van der Waals surface area (Å²) in [5, 5.41) is 7.77. The van der Waals surface area contributed by atoms with Gasteiger partial charge in [-0.2, -0.15) is 0 Å². The van der Waals surface area contributed by atoms with Gasteiger partial charge in [0.2, 0.25) is 5.91 Å². The Labute approximate surface area is 383 Å². The zero-order chi connectivity index (χ0) is 45.9. The summed E-state index contributed by atoms with van der Waals surface area (Å²) >= 11 is 0. The average Bonchev–Trinajstić information content (AvgIpc) is 3.97. The number of nitrogens with zero attached hydrogens (tertiary/aromatic N) is 4. The highest BCUT2D eigenvalue weighted by atomic mass is 16.5. The number of likely N-dealkylation sites (tertiary alicyclic amines) is 2. The van der Waals surface area contributed by atoms with Crippen LogP contribution in [0.5, 0.6) is 0 Å². The first-order chi connectivity index (χ1) is 31.8. The van der Waals surface area contributed by atoms with Gasteiger partial charge in [-0.15, -0.1) is 0 Å². The number of nitrogens with one attached hydrogen (secondary N) is 4. The van der Waals surface area contributed by atoms with E-state index in [4.69, 9.17) is 19.4 Å². The Balaban J connectivity index is 0.840.